The molecule has 4 heteroatoms. The van der Waals surface area contributed by atoms with Crippen LogP contribution in [0.1, 0.15) is 29.3 Å². The lowest BCUT2D eigenvalue weighted by atomic mass is 10.2. The fourth-order valence-corrected chi connectivity index (χ4v) is 2.31. The Morgan fingerprint density at radius 1 is 1.35 bits per heavy atom. The van der Waals surface area contributed by atoms with Crippen molar-refractivity contribution in [3.63, 3.8) is 0 Å². The molecule has 0 atom stereocenters. The normalized spacial score (nSPS) is 11.1. The first kappa shape index (κ1) is 12.7. The van der Waals surface area contributed by atoms with Crippen LogP contribution in [0.5, 0.6) is 0 Å². The molecule has 0 aliphatic rings. The van der Waals surface area contributed by atoms with Crippen LogP contribution in [-0.4, -0.2) is 16.1 Å². The number of hydrogen-bond acceptors (Lipinski definition) is 3. The van der Waals surface area contributed by atoms with Crippen molar-refractivity contribution < 1.29 is 9.21 Å². The monoisotopic (exact) mass is 268 g/mol. The maximum Gasteiger partial charge on any atom is 0.156 e. The van der Waals surface area contributed by atoms with Crippen LogP contribution in [-0.2, 0) is 6.54 Å². The summed E-state index contributed by atoms with van der Waals surface area (Å²) in [7, 11) is 0. The predicted octanol–water partition coefficient (Wildman–Crippen LogP) is 3.83. The van der Waals surface area contributed by atoms with E-state index in [1.54, 1.807) is 10.9 Å². The molecule has 102 valence electrons. The van der Waals surface area contributed by atoms with Gasteiger partial charge < -0.3 is 4.42 Å². The largest absolute Gasteiger partial charge is 0.454 e. The Morgan fingerprint density at radius 3 is 2.95 bits per heavy atom. The Hall–Kier alpha value is -2.36. The second-order valence-corrected chi connectivity index (χ2v) is 4.97. The lowest BCUT2D eigenvalue weighted by molar-refractivity contribution is 0.112. The molecule has 4 nitrogen and oxygen atoms in total. The summed E-state index contributed by atoms with van der Waals surface area (Å²) in [6, 6.07) is 7.97. The summed E-state index contributed by atoms with van der Waals surface area (Å²) < 4.78 is 7.62. The Balaban J connectivity index is 2.11. The van der Waals surface area contributed by atoms with Gasteiger partial charge >= 0.3 is 0 Å². The summed E-state index contributed by atoms with van der Waals surface area (Å²) in [5.74, 6) is 0.641. The number of hydrogen-bond donors (Lipinski definition) is 0. The molecule has 0 saturated heterocycles. The van der Waals surface area contributed by atoms with E-state index in [2.05, 4.69) is 12.0 Å². The molecule has 0 fully saturated rings. The number of nitrogens with zero attached hydrogens (tertiary/aromatic N) is 2. The van der Waals surface area contributed by atoms with Gasteiger partial charge in [-0.25, -0.2) is 0 Å². The highest BCUT2D eigenvalue weighted by molar-refractivity contribution is 5.88. The second-order valence-electron chi connectivity index (χ2n) is 4.97. The van der Waals surface area contributed by atoms with Crippen LogP contribution >= 0.6 is 0 Å². The van der Waals surface area contributed by atoms with Gasteiger partial charge in [0, 0.05) is 18.1 Å². The van der Waals surface area contributed by atoms with Gasteiger partial charge in [-0.2, -0.15) is 5.10 Å². The number of benzene rings is 1. The third kappa shape index (κ3) is 2.13. The van der Waals surface area contributed by atoms with E-state index in [4.69, 9.17) is 4.42 Å². The van der Waals surface area contributed by atoms with Crippen molar-refractivity contribution in [2.75, 3.05) is 0 Å². The lowest BCUT2D eigenvalue weighted by Crippen LogP contribution is -1.96. The first-order valence-corrected chi connectivity index (χ1v) is 6.74. The van der Waals surface area contributed by atoms with E-state index in [9.17, 15) is 4.79 Å². The zero-order valence-electron chi connectivity index (χ0n) is 11.6. The second kappa shape index (κ2) is 4.96. The highest BCUT2D eigenvalue weighted by Gasteiger charge is 2.15. The molecule has 0 spiro atoms. The molecule has 0 amide bonds. The fraction of sp³-hybridized carbons (Fsp3) is 0.250. The smallest absolute Gasteiger partial charge is 0.156 e. The average Bonchev–Trinajstić information content (AvgIpc) is 3.01. The molecule has 0 radical (unpaired) electrons. The molecule has 3 aromatic rings. The zero-order valence-corrected chi connectivity index (χ0v) is 11.6. The highest BCUT2D eigenvalue weighted by Crippen LogP contribution is 2.29. The van der Waals surface area contributed by atoms with Gasteiger partial charge in [0.15, 0.2) is 12.0 Å². The molecule has 0 N–H and O–H groups in total. The Bertz CT molecular complexity index is 768. The molecule has 1 aromatic carbocycles. The molecular weight excluding hydrogens is 252 g/mol. The fourth-order valence-electron chi connectivity index (χ4n) is 2.31. The summed E-state index contributed by atoms with van der Waals surface area (Å²) in [5.41, 5.74) is 3.14. The molecule has 20 heavy (non-hydrogen) atoms. The van der Waals surface area contributed by atoms with Gasteiger partial charge in [0.1, 0.15) is 11.3 Å². The van der Waals surface area contributed by atoms with Crippen LogP contribution in [0, 0.1) is 6.92 Å². The Morgan fingerprint density at radius 2 is 2.20 bits per heavy atom. The topological polar surface area (TPSA) is 48.0 Å². The van der Waals surface area contributed by atoms with Crippen LogP contribution in [0.15, 0.2) is 34.9 Å². The highest BCUT2D eigenvalue weighted by atomic mass is 16.3. The average molecular weight is 268 g/mol. The van der Waals surface area contributed by atoms with E-state index in [1.807, 2.05) is 31.2 Å². The first-order valence-electron chi connectivity index (χ1n) is 6.74. The number of furan rings is 1. The Labute approximate surface area is 117 Å². The number of carbonyl (C=O) groups excluding carboxylic acids is 1. The number of aromatic nitrogens is 2. The van der Waals surface area contributed by atoms with E-state index >= 15 is 0 Å². The molecule has 3 rings (SSSR count). The Kier molecular flexibility index (Phi) is 3.14. The molecule has 0 aliphatic heterocycles. The number of rotatable bonds is 4. The number of aryl methyl sites for hydroxylation is 2. The minimum atomic E-state index is 0.564. The van der Waals surface area contributed by atoms with Gasteiger partial charge in [-0.15, -0.1) is 0 Å². The zero-order chi connectivity index (χ0) is 14.1. The van der Waals surface area contributed by atoms with Gasteiger partial charge in [-0.3, -0.25) is 9.48 Å². The maximum absolute atomic E-state index is 11.2. The van der Waals surface area contributed by atoms with Crippen LogP contribution < -0.4 is 0 Å². The van der Waals surface area contributed by atoms with Gasteiger partial charge in [0.05, 0.1) is 5.56 Å². The standard InChI is InChI=1S/C16H16N2O2/c1-3-6-18-9-13(10-19)16(17-18)15-8-12-5-4-11(2)7-14(12)20-15/h4-5,7-10H,3,6H2,1-2H3. The van der Waals surface area contributed by atoms with Crippen molar-refractivity contribution in [1.82, 2.24) is 9.78 Å². The predicted molar refractivity (Wildman–Crippen MR) is 77.9 cm³/mol. The van der Waals surface area contributed by atoms with Crippen LogP contribution in [0.25, 0.3) is 22.4 Å². The summed E-state index contributed by atoms with van der Waals surface area (Å²) in [5, 5.41) is 5.47. The summed E-state index contributed by atoms with van der Waals surface area (Å²) in [4.78, 5) is 11.2. The first-order chi connectivity index (χ1) is 9.71. The number of carbonyl (C=O) groups is 1. The van der Waals surface area contributed by atoms with Crippen molar-refractivity contribution in [1.29, 1.82) is 0 Å². The van der Waals surface area contributed by atoms with Gasteiger partial charge in [-0.1, -0.05) is 19.1 Å². The SMILES string of the molecule is CCCn1cc(C=O)c(-c2cc3ccc(C)cc3o2)n1. The van der Waals surface area contributed by atoms with Crippen molar-refractivity contribution in [2.24, 2.45) is 0 Å². The summed E-state index contributed by atoms with van der Waals surface area (Å²) >= 11 is 0. The third-order valence-electron chi connectivity index (χ3n) is 3.28. The molecule has 2 heterocycles. The maximum atomic E-state index is 11.2. The quantitative estimate of drug-likeness (QED) is 0.676. The van der Waals surface area contributed by atoms with Gasteiger partial charge in [0.25, 0.3) is 0 Å². The van der Waals surface area contributed by atoms with E-state index in [1.165, 1.54) is 0 Å². The van der Waals surface area contributed by atoms with E-state index in [-0.39, 0.29) is 0 Å². The summed E-state index contributed by atoms with van der Waals surface area (Å²) in [6.07, 6.45) is 3.57. The van der Waals surface area contributed by atoms with Crippen molar-refractivity contribution in [2.45, 2.75) is 26.8 Å². The van der Waals surface area contributed by atoms with E-state index in [0.717, 1.165) is 35.8 Å². The van der Waals surface area contributed by atoms with E-state index in [0.29, 0.717) is 17.0 Å². The van der Waals surface area contributed by atoms with Gasteiger partial charge in [0.2, 0.25) is 0 Å². The summed E-state index contributed by atoms with van der Waals surface area (Å²) in [6.45, 7) is 4.89. The molecule has 0 bridgehead atoms. The van der Waals surface area contributed by atoms with Crippen LogP contribution in [0.3, 0.4) is 0 Å². The number of fused-ring (bicyclic) bond motifs is 1. The lowest BCUT2D eigenvalue weighted by Gasteiger charge is -1.95. The molecule has 0 aliphatic carbocycles. The van der Waals surface area contributed by atoms with Crippen molar-refractivity contribution in [3.05, 3.63) is 41.6 Å². The van der Waals surface area contributed by atoms with E-state index < -0.39 is 0 Å². The van der Waals surface area contributed by atoms with Crippen LogP contribution in [0.4, 0.5) is 0 Å². The van der Waals surface area contributed by atoms with Crippen molar-refractivity contribution in [3.8, 4) is 11.5 Å². The molecule has 0 saturated carbocycles. The minimum Gasteiger partial charge on any atom is -0.454 e. The van der Waals surface area contributed by atoms with Crippen LogP contribution in [0.2, 0.25) is 0 Å². The third-order valence-corrected chi connectivity index (χ3v) is 3.28. The number of aldehydes is 1. The molecule has 0 unspecified atom stereocenters. The molecular formula is C16H16N2O2. The van der Waals surface area contributed by atoms with Crippen molar-refractivity contribution >= 4 is 17.3 Å². The van der Waals surface area contributed by atoms with Gasteiger partial charge in [-0.05, 0) is 31.0 Å². The minimum absolute atomic E-state index is 0.564. The molecule has 2 aromatic heterocycles.